The van der Waals surface area contributed by atoms with Crippen LogP contribution in [0.5, 0.6) is 0 Å². The van der Waals surface area contributed by atoms with Gasteiger partial charge < -0.3 is 10.6 Å². The Balaban J connectivity index is 1.77. The molecule has 0 radical (unpaired) electrons. The van der Waals surface area contributed by atoms with E-state index in [1.165, 1.54) is 5.57 Å². The summed E-state index contributed by atoms with van der Waals surface area (Å²) in [4.78, 5) is 13.2. The van der Waals surface area contributed by atoms with Gasteiger partial charge in [0.15, 0.2) is 5.82 Å². The number of rotatable bonds is 4. The van der Waals surface area contributed by atoms with Gasteiger partial charge in [-0.05, 0) is 45.0 Å². The van der Waals surface area contributed by atoms with Gasteiger partial charge in [-0.25, -0.2) is 9.97 Å². The molecule has 2 N–H and O–H groups in total. The number of piperidine rings is 1. The van der Waals surface area contributed by atoms with E-state index < -0.39 is 0 Å². The molecule has 0 bridgehead atoms. The highest BCUT2D eigenvalue weighted by Gasteiger charge is 2.11. The van der Waals surface area contributed by atoms with Crippen LogP contribution >= 0.6 is 11.6 Å². The van der Waals surface area contributed by atoms with Crippen molar-refractivity contribution in [2.45, 2.75) is 19.8 Å². The van der Waals surface area contributed by atoms with Crippen LogP contribution in [0.4, 0.5) is 5.82 Å². The standard InChI is InChI=1S/C17H20ClN5/c1-12-15(18)22-17(14-4-2-3-8-20-14)23-16(12)21-11-7-13-5-9-19-10-6-13/h2-4,7-8,19H,5-6,9-11H2,1H3,(H,21,22,23). The van der Waals surface area contributed by atoms with E-state index in [-0.39, 0.29) is 0 Å². The second-order valence-electron chi connectivity index (χ2n) is 5.52. The molecule has 0 amide bonds. The maximum Gasteiger partial charge on any atom is 0.181 e. The quantitative estimate of drug-likeness (QED) is 0.666. The van der Waals surface area contributed by atoms with Gasteiger partial charge in [-0.1, -0.05) is 29.3 Å². The second kappa shape index (κ2) is 7.53. The molecule has 1 saturated heterocycles. The summed E-state index contributed by atoms with van der Waals surface area (Å²) in [5.74, 6) is 1.30. The van der Waals surface area contributed by atoms with Crippen molar-refractivity contribution in [2.75, 3.05) is 25.0 Å². The Bertz CT molecular complexity index is 692. The Morgan fingerprint density at radius 2 is 2.09 bits per heavy atom. The van der Waals surface area contributed by atoms with Crippen molar-refractivity contribution >= 4 is 17.4 Å². The molecular weight excluding hydrogens is 310 g/mol. The van der Waals surface area contributed by atoms with Gasteiger partial charge in [0, 0.05) is 18.3 Å². The molecule has 0 aliphatic carbocycles. The third-order valence-electron chi connectivity index (χ3n) is 3.89. The lowest BCUT2D eigenvalue weighted by molar-refractivity contribution is 0.608. The summed E-state index contributed by atoms with van der Waals surface area (Å²) in [6.07, 6.45) is 6.20. The lowest BCUT2D eigenvalue weighted by atomic mass is 10.1. The van der Waals surface area contributed by atoms with Crippen LogP contribution < -0.4 is 10.6 Å². The Hall–Kier alpha value is -1.98. The van der Waals surface area contributed by atoms with Gasteiger partial charge in [-0.2, -0.15) is 0 Å². The van der Waals surface area contributed by atoms with Crippen LogP contribution in [0.15, 0.2) is 36.0 Å². The zero-order chi connectivity index (χ0) is 16.1. The van der Waals surface area contributed by atoms with E-state index in [4.69, 9.17) is 11.6 Å². The van der Waals surface area contributed by atoms with Gasteiger partial charge in [0.05, 0.1) is 0 Å². The Morgan fingerprint density at radius 1 is 1.26 bits per heavy atom. The number of nitrogens with one attached hydrogen (secondary N) is 2. The van der Waals surface area contributed by atoms with Crippen LogP contribution in [0.2, 0.25) is 5.15 Å². The monoisotopic (exact) mass is 329 g/mol. The molecule has 1 fully saturated rings. The maximum atomic E-state index is 6.25. The first-order chi connectivity index (χ1) is 11.2. The third-order valence-corrected chi connectivity index (χ3v) is 4.25. The molecule has 0 unspecified atom stereocenters. The molecule has 0 spiro atoms. The van der Waals surface area contributed by atoms with Gasteiger partial charge in [-0.3, -0.25) is 4.98 Å². The highest BCUT2D eigenvalue weighted by Crippen LogP contribution is 2.23. The molecule has 3 rings (SSSR count). The SMILES string of the molecule is Cc1c(Cl)nc(-c2ccccn2)nc1NCC=C1CCNCC1. The van der Waals surface area contributed by atoms with Crippen molar-refractivity contribution in [1.29, 1.82) is 0 Å². The zero-order valence-electron chi connectivity index (χ0n) is 13.1. The Labute approximate surface area is 141 Å². The summed E-state index contributed by atoms with van der Waals surface area (Å²) < 4.78 is 0. The van der Waals surface area contributed by atoms with Crippen LogP contribution in [0.1, 0.15) is 18.4 Å². The van der Waals surface area contributed by atoms with E-state index >= 15 is 0 Å². The molecule has 3 heterocycles. The third kappa shape index (κ3) is 4.06. The molecule has 2 aromatic heterocycles. The number of anilines is 1. The molecule has 1 aliphatic heterocycles. The van der Waals surface area contributed by atoms with Crippen molar-refractivity contribution in [3.63, 3.8) is 0 Å². The summed E-state index contributed by atoms with van der Waals surface area (Å²) in [5, 5.41) is 7.17. The Kier molecular flexibility index (Phi) is 5.20. The molecule has 1 aliphatic rings. The lowest BCUT2D eigenvalue weighted by Crippen LogP contribution is -2.23. The summed E-state index contributed by atoms with van der Waals surface area (Å²) >= 11 is 6.25. The van der Waals surface area contributed by atoms with Gasteiger partial charge in [0.1, 0.15) is 16.7 Å². The minimum absolute atomic E-state index is 0.456. The largest absolute Gasteiger partial charge is 0.366 e. The topological polar surface area (TPSA) is 62.7 Å². The van der Waals surface area contributed by atoms with E-state index in [1.54, 1.807) is 6.20 Å². The van der Waals surface area contributed by atoms with Crippen molar-refractivity contribution in [2.24, 2.45) is 0 Å². The first kappa shape index (κ1) is 15.9. The molecule has 0 atom stereocenters. The minimum atomic E-state index is 0.456. The zero-order valence-corrected chi connectivity index (χ0v) is 13.9. The van der Waals surface area contributed by atoms with Gasteiger partial charge in [0.2, 0.25) is 0 Å². The number of halogens is 1. The van der Waals surface area contributed by atoms with Crippen LogP contribution in [-0.2, 0) is 0 Å². The average molecular weight is 330 g/mol. The lowest BCUT2D eigenvalue weighted by Gasteiger charge is -2.15. The van der Waals surface area contributed by atoms with Gasteiger partial charge in [0.25, 0.3) is 0 Å². The van der Waals surface area contributed by atoms with E-state index in [0.717, 1.165) is 43.9 Å². The second-order valence-corrected chi connectivity index (χ2v) is 5.88. The van der Waals surface area contributed by atoms with Crippen LogP contribution in [-0.4, -0.2) is 34.6 Å². The van der Waals surface area contributed by atoms with Gasteiger partial charge in [-0.15, -0.1) is 0 Å². The van der Waals surface area contributed by atoms with Crippen LogP contribution in [0.3, 0.4) is 0 Å². The minimum Gasteiger partial charge on any atom is -0.366 e. The van der Waals surface area contributed by atoms with E-state index in [2.05, 4.69) is 31.7 Å². The molecular formula is C17H20ClN5. The van der Waals surface area contributed by atoms with Crippen LogP contribution in [0.25, 0.3) is 11.5 Å². The number of pyridine rings is 1. The summed E-state index contributed by atoms with van der Waals surface area (Å²) in [6.45, 7) is 4.79. The highest BCUT2D eigenvalue weighted by atomic mass is 35.5. The summed E-state index contributed by atoms with van der Waals surface area (Å²) in [6, 6.07) is 5.65. The highest BCUT2D eigenvalue weighted by molar-refractivity contribution is 6.30. The normalized spacial score (nSPS) is 14.6. The fourth-order valence-corrected chi connectivity index (χ4v) is 2.68. The van der Waals surface area contributed by atoms with E-state index in [1.807, 2.05) is 25.1 Å². The van der Waals surface area contributed by atoms with Gasteiger partial charge >= 0.3 is 0 Å². The first-order valence-corrected chi connectivity index (χ1v) is 8.20. The van der Waals surface area contributed by atoms with Crippen molar-refractivity contribution in [3.8, 4) is 11.5 Å². The number of hydrogen-bond donors (Lipinski definition) is 2. The maximum absolute atomic E-state index is 6.25. The first-order valence-electron chi connectivity index (χ1n) is 7.82. The van der Waals surface area contributed by atoms with Crippen molar-refractivity contribution < 1.29 is 0 Å². The molecule has 2 aromatic rings. The smallest absolute Gasteiger partial charge is 0.181 e. The number of nitrogens with zero attached hydrogens (tertiary/aromatic N) is 3. The summed E-state index contributed by atoms with van der Waals surface area (Å²) in [7, 11) is 0. The average Bonchev–Trinajstić information content (AvgIpc) is 2.60. The molecule has 5 nitrogen and oxygen atoms in total. The molecule has 0 saturated carbocycles. The molecule has 6 heteroatoms. The van der Waals surface area contributed by atoms with E-state index in [0.29, 0.717) is 16.7 Å². The van der Waals surface area contributed by atoms with E-state index in [9.17, 15) is 0 Å². The predicted molar refractivity (Wildman–Crippen MR) is 93.7 cm³/mol. The van der Waals surface area contributed by atoms with Crippen molar-refractivity contribution in [1.82, 2.24) is 20.3 Å². The van der Waals surface area contributed by atoms with Crippen LogP contribution in [0, 0.1) is 6.92 Å². The fraction of sp³-hybridized carbons (Fsp3) is 0.353. The Morgan fingerprint density at radius 3 is 2.83 bits per heavy atom. The van der Waals surface area contributed by atoms with Crippen molar-refractivity contribution in [3.05, 3.63) is 46.8 Å². The predicted octanol–water partition coefficient (Wildman–Crippen LogP) is 3.22. The molecule has 0 aromatic carbocycles. The number of aromatic nitrogens is 3. The fourth-order valence-electron chi connectivity index (χ4n) is 2.52. The molecule has 120 valence electrons. The summed E-state index contributed by atoms with van der Waals surface area (Å²) in [5.41, 5.74) is 3.06. The number of hydrogen-bond acceptors (Lipinski definition) is 5. The molecule has 23 heavy (non-hydrogen) atoms.